The van der Waals surface area contributed by atoms with Crippen LogP contribution in [0.2, 0.25) is 0 Å². The maximum Gasteiger partial charge on any atom is 0.339 e. The minimum absolute atomic E-state index is 0.0622. The van der Waals surface area contributed by atoms with Crippen molar-refractivity contribution in [2.75, 3.05) is 13.2 Å². The Kier molecular flexibility index (Phi) is 4.73. The van der Waals surface area contributed by atoms with Gasteiger partial charge in [0.15, 0.2) is 0 Å². The number of pyridine rings is 1. The molecule has 1 atom stereocenters. The first-order chi connectivity index (χ1) is 8.27. The van der Waals surface area contributed by atoms with E-state index in [1.165, 1.54) is 0 Å². The maximum atomic E-state index is 11.8. The maximum absolute atomic E-state index is 11.8. The zero-order chi connectivity index (χ0) is 12.1. The standard InChI is InChI=1S/C12H14INO3/c13-11-7-14-5-4-10(11)12(15)17-8-9-3-1-2-6-16-9/h4-5,7,9H,1-3,6,8H2/t9-/m0/s1. The second kappa shape index (κ2) is 6.30. The molecule has 1 fully saturated rings. The molecule has 5 heteroatoms. The van der Waals surface area contributed by atoms with Gasteiger partial charge in [0.25, 0.3) is 0 Å². The van der Waals surface area contributed by atoms with Crippen LogP contribution in [-0.2, 0) is 9.47 Å². The molecule has 17 heavy (non-hydrogen) atoms. The first kappa shape index (κ1) is 12.8. The van der Waals surface area contributed by atoms with Crippen LogP contribution < -0.4 is 0 Å². The number of nitrogens with zero attached hydrogens (tertiary/aromatic N) is 1. The second-order valence-corrected chi connectivity index (χ2v) is 5.10. The van der Waals surface area contributed by atoms with E-state index in [1.54, 1.807) is 18.5 Å². The van der Waals surface area contributed by atoms with Crippen LogP contribution in [0.25, 0.3) is 0 Å². The summed E-state index contributed by atoms with van der Waals surface area (Å²) in [7, 11) is 0. The van der Waals surface area contributed by atoms with Crippen LogP contribution >= 0.6 is 22.6 Å². The highest BCUT2D eigenvalue weighted by Gasteiger charge is 2.17. The molecule has 0 unspecified atom stereocenters. The molecule has 0 bridgehead atoms. The summed E-state index contributed by atoms with van der Waals surface area (Å²) in [6.45, 7) is 1.12. The third kappa shape index (κ3) is 3.64. The zero-order valence-corrected chi connectivity index (χ0v) is 11.6. The number of carbonyl (C=O) groups is 1. The van der Waals surface area contributed by atoms with Gasteiger partial charge in [0.05, 0.1) is 11.7 Å². The smallest absolute Gasteiger partial charge is 0.339 e. The SMILES string of the molecule is O=C(OC[C@@H]1CCCCO1)c1ccncc1I. The van der Waals surface area contributed by atoms with E-state index in [4.69, 9.17) is 9.47 Å². The molecule has 0 spiro atoms. The number of hydrogen-bond donors (Lipinski definition) is 0. The molecule has 0 radical (unpaired) electrons. The fraction of sp³-hybridized carbons (Fsp3) is 0.500. The zero-order valence-electron chi connectivity index (χ0n) is 9.39. The van der Waals surface area contributed by atoms with Crippen LogP contribution in [-0.4, -0.2) is 30.3 Å². The number of aromatic nitrogens is 1. The van der Waals surface area contributed by atoms with E-state index in [2.05, 4.69) is 27.6 Å². The highest BCUT2D eigenvalue weighted by atomic mass is 127. The first-order valence-electron chi connectivity index (χ1n) is 5.65. The van der Waals surface area contributed by atoms with E-state index < -0.39 is 0 Å². The fourth-order valence-corrected chi connectivity index (χ4v) is 2.29. The minimum Gasteiger partial charge on any atom is -0.459 e. The van der Waals surface area contributed by atoms with Crippen LogP contribution in [0.1, 0.15) is 29.6 Å². The third-order valence-corrected chi connectivity index (χ3v) is 3.53. The highest BCUT2D eigenvalue weighted by molar-refractivity contribution is 14.1. The first-order valence-corrected chi connectivity index (χ1v) is 6.73. The number of hydrogen-bond acceptors (Lipinski definition) is 4. The molecule has 4 nitrogen and oxygen atoms in total. The summed E-state index contributed by atoms with van der Waals surface area (Å²) in [6, 6.07) is 1.67. The Labute approximate surface area is 114 Å². The molecular weight excluding hydrogens is 333 g/mol. The van der Waals surface area contributed by atoms with Gasteiger partial charge in [-0.2, -0.15) is 0 Å². The Morgan fingerprint density at radius 2 is 2.47 bits per heavy atom. The van der Waals surface area contributed by atoms with Crippen LogP contribution in [0.15, 0.2) is 18.5 Å². The number of carbonyl (C=O) groups excluding carboxylic acids is 1. The average molecular weight is 347 g/mol. The molecule has 0 N–H and O–H groups in total. The van der Waals surface area contributed by atoms with E-state index in [0.29, 0.717) is 12.2 Å². The molecule has 0 aliphatic carbocycles. The van der Waals surface area contributed by atoms with Crippen LogP contribution in [0.3, 0.4) is 0 Å². The summed E-state index contributed by atoms with van der Waals surface area (Å²) in [5.41, 5.74) is 0.566. The Morgan fingerprint density at radius 3 is 3.18 bits per heavy atom. The summed E-state index contributed by atoms with van der Waals surface area (Å²) in [5, 5.41) is 0. The van der Waals surface area contributed by atoms with Crippen molar-refractivity contribution >= 4 is 28.6 Å². The van der Waals surface area contributed by atoms with Crippen molar-refractivity contribution in [1.82, 2.24) is 4.98 Å². The van der Waals surface area contributed by atoms with Crippen molar-refractivity contribution in [3.05, 3.63) is 27.6 Å². The molecule has 1 aliphatic heterocycles. The van der Waals surface area contributed by atoms with Crippen LogP contribution in [0, 0.1) is 3.57 Å². The summed E-state index contributed by atoms with van der Waals surface area (Å²) in [6.07, 6.45) is 6.53. The molecule has 0 amide bonds. The van der Waals surface area contributed by atoms with E-state index in [-0.39, 0.29) is 12.1 Å². The quantitative estimate of drug-likeness (QED) is 0.622. The molecule has 0 saturated carbocycles. The Balaban J connectivity index is 1.87. The molecule has 0 aromatic carbocycles. The van der Waals surface area contributed by atoms with Crippen molar-refractivity contribution in [2.24, 2.45) is 0 Å². The summed E-state index contributed by atoms with van der Waals surface area (Å²) in [4.78, 5) is 15.7. The Hall–Kier alpha value is -0.690. The monoisotopic (exact) mass is 347 g/mol. The van der Waals surface area contributed by atoms with Crippen molar-refractivity contribution in [1.29, 1.82) is 0 Å². The number of ether oxygens (including phenoxy) is 2. The van der Waals surface area contributed by atoms with Gasteiger partial charge in [-0.05, 0) is 47.9 Å². The van der Waals surface area contributed by atoms with Gasteiger partial charge in [0.2, 0.25) is 0 Å². The summed E-state index contributed by atoms with van der Waals surface area (Å²) in [5.74, 6) is -0.300. The molecule has 92 valence electrons. The Morgan fingerprint density at radius 1 is 1.59 bits per heavy atom. The number of halogens is 1. The van der Waals surface area contributed by atoms with Crippen molar-refractivity contribution < 1.29 is 14.3 Å². The van der Waals surface area contributed by atoms with Gasteiger partial charge in [-0.25, -0.2) is 4.79 Å². The lowest BCUT2D eigenvalue weighted by atomic mass is 10.1. The lowest BCUT2D eigenvalue weighted by Crippen LogP contribution is -2.26. The fourth-order valence-electron chi connectivity index (χ4n) is 1.73. The largest absolute Gasteiger partial charge is 0.459 e. The van der Waals surface area contributed by atoms with E-state index in [1.807, 2.05) is 0 Å². The minimum atomic E-state index is -0.300. The lowest BCUT2D eigenvalue weighted by molar-refractivity contribution is -0.0300. The van der Waals surface area contributed by atoms with Gasteiger partial charge in [0, 0.05) is 22.6 Å². The molecule has 1 aliphatic rings. The van der Waals surface area contributed by atoms with E-state index in [9.17, 15) is 4.79 Å². The van der Waals surface area contributed by atoms with E-state index in [0.717, 1.165) is 29.4 Å². The van der Waals surface area contributed by atoms with Gasteiger partial charge < -0.3 is 9.47 Å². The molecular formula is C12H14INO3. The average Bonchev–Trinajstić information content (AvgIpc) is 2.38. The molecule has 1 saturated heterocycles. The van der Waals surface area contributed by atoms with Crippen molar-refractivity contribution in [3.8, 4) is 0 Å². The topological polar surface area (TPSA) is 48.4 Å². The molecule has 1 aromatic heterocycles. The van der Waals surface area contributed by atoms with Crippen LogP contribution in [0.5, 0.6) is 0 Å². The van der Waals surface area contributed by atoms with Gasteiger partial charge in [-0.1, -0.05) is 0 Å². The predicted octanol–water partition coefficient (Wildman–Crippen LogP) is 2.41. The van der Waals surface area contributed by atoms with Crippen molar-refractivity contribution in [3.63, 3.8) is 0 Å². The second-order valence-electron chi connectivity index (χ2n) is 3.94. The van der Waals surface area contributed by atoms with Crippen molar-refractivity contribution in [2.45, 2.75) is 25.4 Å². The highest BCUT2D eigenvalue weighted by Crippen LogP contribution is 2.15. The Bertz CT molecular complexity index is 391. The summed E-state index contributed by atoms with van der Waals surface area (Å²) >= 11 is 2.08. The van der Waals surface area contributed by atoms with Gasteiger partial charge in [-0.15, -0.1) is 0 Å². The number of esters is 1. The molecule has 2 heterocycles. The van der Waals surface area contributed by atoms with E-state index >= 15 is 0 Å². The molecule has 1 aromatic rings. The van der Waals surface area contributed by atoms with Gasteiger partial charge in [-0.3, -0.25) is 4.98 Å². The normalized spacial score (nSPS) is 19.9. The third-order valence-electron chi connectivity index (χ3n) is 2.67. The predicted molar refractivity (Wildman–Crippen MR) is 70.8 cm³/mol. The number of rotatable bonds is 3. The van der Waals surface area contributed by atoms with Gasteiger partial charge >= 0.3 is 5.97 Å². The van der Waals surface area contributed by atoms with Crippen LogP contribution in [0.4, 0.5) is 0 Å². The molecule has 2 rings (SSSR count). The summed E-state index contributed by atoms with van der Waals surface area (Å²) < 4.78 is 11.6. The lowest BCUT2D eigenvalue weighted by Gasteiger charge is -2.22. The van der Waals surface area contributed by atoms with Gasteiger partial charge in [0.1, 0.15) is 6.61 Å².